The monoisotopic (exact) mass is 455 g/mol. The summed E-state index contributed by atoms with van der Waals surface area (Å²) in [5.41, 5.74) is 4.04. The molecule has 2 aromatic heterocycles. The second-order valence-corrected chi connectivity index (χ2v) is 8.53. The molecule has 0 atom stereocenters. The van der Waals surface area contributed by atoms with Gasteiger partial charge in [-0.15, -0.1) is 10.2 Å². The Morgan fingerprint density at radius 2 is 1.82 bits per heavy atom. The molecule has 0 saturated carbocycles. The third kappa shape index (κ3) is 4.27. The van der Waals surface area contributed by atoms with E-state index in [2.05, 4.69) is 10.2 Å². The SMILES string of the molecule is COc1cccc(-c2nnc(SCc3cc(=O)oc4cc(C)ccc34)n2-c2ccccc2)c1. The van der Waals surface area contributed by atoms with Gasteiger partial charge in [0.1, 0.15) is 11.3 Å². The highest BCUT2D eigenvalue weighted by molar-refractivity contribution is 7.98. The molecule has 0 aliphatic heterocycles. The molecule has 7 heteroatoms. The van der Waals surface area contributed by atoms with Crippen LogP contribution >= 0.6 is 11.8 Å². The maximum atomic E-state index is 12.1. The van der Waals surface area contributed by atoms with Crippen LogP contribution in [0.3, 0.4) is 0 Å². The van der Waals surface area contributed by atoms with Crippen molar-refractivity contribution in [2.24, 2.45) is 0 Å². The number of thioether (sulfide) groups is 1. The predicted molar refractivity (Wildman–Crippen MR) is 130 cm³/mol. The van der Waals surface area contributed by atoms with E-state index in [0.29, 0.717) is 11.3 Å². The summed E-state index contributed by atoms with van der Waals surface area (Å²) in [7, 11) is 1.64. The summed E-state index contributed by atoms with van der Waals surface area (Å²) in [6, 6.07) is 25.2. The fourth-order valence-corrected chi connectivity index (χ4v) is 4.66. The van der Waals surface area contributed by atoms with Crippen molar-refractivity contribution in [2.45, 2.75) is 17.8 Å². The van der Waals surface area contributed by atoms with Gasteiger partial charge in [0.25, 0.3) is 0 Å². The van der Waals surface area contributed by atoms with Crippen LogP contribution in [0.1, 0.15) is 11.1 Å². The van der Waals surface area contributed by atoms with E-state index in [4.69, 9.17) is 9.15 Å². The number of nitrogens with zero attached hydrogens (tertiary/aromatic N) is 3. The number of hydrogen-bond donors (Lipinski definition) is 0. The molecule has 5 aromatic rings. The van der Waals surface area contributed by atoms with Crippen LogP contribution in [-0.2, 0) is 5.75 Å². The van der Waals surface area contributed by atoms with Gasteiger partial charge in [0.05, 0.1) is 7.11 Å². The lowest BCUT2D eigenvalue weighted by atomic mass is 10.1. The minimum Gasteiger partial charge on any atom is -0.497 e. The highest BCUT2D eigenvalue weighted by atomic mass is 32.2. The molecule has 3 aromatic carbocycles. The number of hydrogen-bond acceptors (Lipinski definition) is 6. The van der Waals surface area contributed by atoms with E-state index in [0.717, 1.165) is 44.5 Å². The molecule has 5 rings (SSSR count). The molecule has 0 unspecified atom stereocenters. The first-order valence-corrected chi connectivity index (χ1v) is 11.4. The van der Waals surface area contributed by atoms with E-state index in [1.807, 2.05) is 84.3 Å². The number of benzene rings is 3. The van der Waals surface area contributed by atoms with Crippen LogP contribution in [0.5, 0.6) is 5.75 Å². The number of ether oxygens (including phenoxy) is 1. The molecule has 0 spiro atoms. The zero-order chi connectivity index (χ0) is 22.8. The average molecular weight is 456 g/mol. The molecule has 0 radical (unpaired) electrons. The molecule has 0 aliphatic carbocycles. The third-order valence-electron chi connectivity index (χ3n) is 5.32. The number of para-hydroxylation sites is 1. The molecule has 2 heterocycles. The molecule has 33 heavy (non-hydrogen) atoms. The van der Waals surface area contributed by atoms with E-state index in [9.17, 15) is 4.79 Å². The lowest BCUT2D eigenvalue weighted by molar-refractivity contribution is 0.415. The highest BCUT2D eigenvalue weighted by Crippen LogP contribution is 2.32. The molecule has 0 amide bonds. The fourth-order valence-electron chi connectivity index (χ4n) is 3.72. The van der Waals surface area contributed by atoms with Crippen LogP contribution in [0, 0.1) is 6.92 Å². The topological polar surface area (TPSA) is 70.2 Å². The Morgan fingerprint density at radius 1 is 0.970 bits per heavy atom. The van der Waals surface area contributed by atoms with Gasteiger partial charge < -0.3 is 9.15 Å². The Balaban J connectivity index is 1.56. The molecule has 0 bridgehead atoms. The zero-order valence-corrected chi connectivity index (χ0v) is 19.0. The van der Waals surface area contributed by atoms with Gasteiger partial charge in [-0.05, 0) is 48.4 Å². The third-order valence-corrected chi connectivity index (χ3v) is 6.30. The number of methoxy groups -OCH3 is 1. The normalized spacial score (nSPS) is 11.1. The first-order valence-electron chi connectivity index (χ1n) is 10.4. The second-order valence-electron chi connectivity index (χ2n) is 7.59. The smallest absolute Gasteiger partial charge is 0.336 e. The predicted octanol–water partition coefficient (Wildman–Crippen LogP) is 5.65. The van der Waals surface area contributed by atoms with Crippen LogP contribution in [0.4, 0.5) is 0 Å². The second kappa shape index (κ2) is 8.96. The standard InChI is InChI=1S/C26H21N3O3S/c1-17-11-12-22-19(15-24(30)32-23(22)13-17)16-33-26-28-27-25(18-7-6-10-21(14-18)31-2)29(26)20-8-4-3-5-9-20/h3-15H,16H2,1-2H3. The van der Waals surface area contributed by atoms with Crippen LogP contribution in [0.25, 0.3) is 28.0 Å². The quantitative estimate of drug-likeness (QED) is 0.243. The summed E-state index contributed by atoms with van der Waals surface area (Å²) in [6.45, 7) is 1.98. The Kier molecular flexibility index (Phi) is 5.71. The van der Waals surface area contributed by atoms with Gasteiger partial charge in [-0.1, -0.05) is 54.2 Å². The fraction of sp³-hybridized carbons (Fsp3) is 0.115. The van der Waals surface area contributed by atoms with Gasteiger partial charge in [-0.3, -0.25) is 4.57 Å². The summed E-state index contributed by atoms with van der Waals surface area (Å²) in [4.78, 5) is 12.1. The summed E-state index contributed by atoms with van der Waals surface area (Å²) in [5.74, 6) is 2.02. The van der Waals surface area contributed by atoms with Crippen molar-refractivity contribution in [3.05, 3.63) is 100 Å². The van der Waals surface area contributed by atoms with E-state index in [-0.39, 0.29) is 5.63 Å². The molecular weight excluding hydrogens is 434 g/mol. The molecule has 164 valence electrons. The molecular formula is C26H21N3O3S. The van der Waals surface area contributed by atoms with E-state index in [1.54, 1.807) is 13.2 Å². The van der Waals surface area contributed by atoms with Crippen molar-refractivity contribution in [2.75, 3.05) is 7.11 Å². The van der Waals surface area contributed by atoms with Gasteiger partial charge >= 0.3 is 5.63 Å². The van der Waals surface area contributed by atoms with Gasteiger partial charge in [0.15, 0.2) is 11.0 Å². The van der Waals surface area contributed by atoms with E-state index in [1.165, 1.54) is 11.8 Å². The lowest BCUT2D eigenvalue weighted by Gasteiger charge is -2.11. The number of aromatic nitrogens is 3. The van der Waals surface area contributed by atoms with Crippen molar-refractivity contribution in [3.63, 3.8) is 0 Å². The number of aryl methyl sites for hydroxylation is 1. The van der Waals surface area contributed by atoms with E-state index < -0.39 is 0 Å². The number of rotatable bonds is 6. The van der Waals surface area contributed by atoms with Crippen molar-refractivity contribution in [1.82, 2.24) is 14.8 Å². The van der Waals surface area contributed by atoms with Gasteiger partial charge in [-0.2, -0.15) is 0 Å². The van der Waals surface area contributed by atoms with Gasteiger partial charge in [0.2, 0.25) is 0 Å². The van der Waals surface area contributed by atoms with E-state index >= 15 is 0 Å². The lowest BCUT2D eigenvalue weighted by Crippen LogP contribution is -2.02. The summed E-state index contributed by atoms with van der Waals surface area (Å²) in [5, 5.41) is 10.6. The van der Waals surface area contributed by atoms with Crippen molar-refractivity contribution < 1.29 is 9.15 Å². The maximum absolute atomic E-state index is 12.1. The maximum Gasteiger partial charge on any atom is 0.336 e. The molecule has 0 fully saturated rings. The first-order chi connectivity index (χ1) is 16.1. The number of fused-ring (bicyclic) bond motifs is 1. The minimum atomic E-state index is -0.356. The molecule has 0 saturated heterocycles. The first kappa shape index (κ1) is 21.0. The van der Waals surface area contributed by atoms with Crippen molar-refractivity contribution >= 4 is 22.7 Å². The summed E-state index contributed by atoms with van der Waals surface area (Å²) < 4.78 is 12.8. The van der Waals surface area contributed by atoms with Crippen molar-refractivity contribution in [1.29, 1.82) is 0 Å². The van der Waals surface area contributed by atoms with Crippen molar-refractivity contribution in [3.8, 4) is 22.8 Å². The molecule has 0 aliphatic rings. The van der Waals surface area contributed by atoms with Crippen LogP contribution < -0.4 is 10.4 Å². The highest BCUT2D eigenvalue weighted by Gasteiger charge is 2.17. The van der Waals surface area contributed by atoms with Crippen LogP contribution in [-0.4, -0.2) is 21.9 Å². The Labute approximate surface area is 194 Å². The largest absolute Gasteiger partial charge is 0.497 e. The zero-order valence-electron chi connectivity index (χ0n) is 18.2. The van der Waals surface area contributed by atoms with Gasteiger partial charge in [-0.25, -0.2) is 4.79 Å². The summed E-state index contributed by atoms with van der Waals surface area (Å²) >= 11 is 1.53. The van der Waals surface area contributed by atoms with Gasteiger partial charge in [0, 0.05) is 28.5 Å². The molecule has 0 N–H and O–H groups in total. The molecule has 6 nitrogen and oxygen atoms in total. The average Bonchev–Trinajstić information content (AvgIpc) is 3.26. The Bertz CT molecular complexity index is 1490. The Hall–Kier alpha value is -3.84. The summed E-state index contributed by atoms with van der Waals surface area (Å²) in [6.07, 6.45) is 0. The van der Waals surface area contributed by atoms with Crippen LogP contribution in [0.15, 0.2) is 93.2 Å². The minimum absolute atomic E-state index is 0.356. The Morgan fingerprint density at radius 3 is 2.64 bits per heavy atom. The van der Waals surface area contributed by atoms with Crippen LogP contribution in [0.2, 0.25) is 0 Å².